The minimum absolute atomic E-state index is 0.0989. The first-order valence-corrected chi connectivity index (χ1v) is 7.50. The fourth-order valence-electron chi connectivity index (χ4n) is 3.02. The van der Waals surface area contributed by atoms with Crippen LogP contribution in [-0.4, -0.2) is 41.4 Å². The van der Waals surface area contributed by atoms with Crippen LogP contribution in [0.5, 0.6) is 0 Å². The van der Waals surface area contributed by atoms with E-state index < -0.39 is 4.92 Å². The summed E-state index contributed by atoms with van der Waals surface area (Å²) >= 11 is 0. The molecule has 7 heteroatoms. The van der Waals surface area contributed by atoms with Gasteiger partial charge in [0, 0.05) is 18.7 Å². The molecule has 0 radical (unpaired) electrons. The molecule has 120 valence electrons. The van der Waals surface area contributed by atoms with Crippen LogP contribution in [0.1, 0.15) is 19.8 Å². The lowest BCUT2D eigenvalue weighted by Crippen LogP contribution is -2.51. The molecule has 2 rings (SSSR count). The molecule has 0 spiro atoms. The Morgan fingerprint density at radius 3 is 2.91 bits per heavy atom. The van der Waals surface area contributed by atoms with E-state index in [4.69, 9.17) is 5.73 Å². The van der Waals surface area contributed by atoms with Gasteiger partial charge in [-0.3, -0.25) is 19.8 Å². The highest BCUT2D eigenvalue weighted by atomic mass is 16.6. The van der Waals surface area contributed by atoms with Crippen LogP contribution in [0.4, 0.5) is 11.4 Å². The van der Waals surface area contributed by atoms with Gasteiger partial charge < -0.3 is 11.1 Å². The van der Waals surface area contributed by atoms with E-state index in [1.54, 1.807) is 12.1 Å². The average Bonchev–Trinajstić information content (AvgIpc) is 2.47. The summed E-state index contributed by atoms with van der Waals surface area (Å²) in [6.07, 6.45) is 2.15. The fraction of sp³-hybridized carbons (Fsp3) is 0.533. The first kappa shape index (κ1) is 16.4. The Balaban J connectivity index is 2.02. The highest BCUT2D eigenvalue weighted by Crippen LogP contribution is 2.24. The second-order valence-corrected chi connectivity index (χ2v) is 5.72. The van der Waals surface area contributed by atoms with Gasteiger partial charge in [-0.1, -0.05) is 19.1 Å². The predicted molar refractivity (Wildman–Crippen MR) is 84.5 cm³/mol. The number of hydrogen-bond donors (Lipinski definition) is 2. The maximum atomic E-state index is 12.2. The molecule has 1 aromatic rings. The van der Waals surface area contributed by atoms with Crippen molar-refractivity contribution >= 4 is 17.3 Å². The summed E-state index contributed by atoms with van der Waals surface area (Å²) in [5, 5.41) is 13.6. The zero-order valence-corrected chi connectivity index (χ0v) is 12.7. The maximum Gasteiger partial charge on any atom is 0.292 e. The molecule has 0 aliphatic carbocycles. The Hall–Kier alpha value is -1.99. The molecular formula is C15H22N4O3. The summed E-state index contributed by atoms with van der Waals surface area (Å²) in [4.78, 5) is 24.7. The molecule has 2 atom stereocenters. The Morgan fingerprint density at radius 1 is 1.50 bits per heavy atom. The largest absolute Gasteiger partial charge is 0.329 e. The van der Waals surface area contributed by atoms with Gasteiger partial charge in [0.05, 0.1) is 11.5 Å². The average molecular weight is 306 g/mol. The van der Waals surface area contributed by atoms with E-state index in [1.807, 2.05) is 0 Å². The van der Waals surface area contributed by atoms with Crippen molar-refractivity contribution in [3.05, 3.63) is 34.4 Å². The minimum Gasteiger partial charge on any atom is -0.329 e. The Bertz CT molecular complexity index is 549. The Morgan fingerprint density at radius 2 is 2.23 bits per heavy atom. The zero-order chi connectivity index (χ0) is 16.1. The lowest BCUT2D eigenvalue weighted by atomic mass is 9.91. The second kappa shape index (κ2) is 7.33. The monoisotopic (exact) mass is 306 g/mol. The van der Waals surface area contributed by atoms with Crippen LogP contribution in [0, 0.1) is 16.0 Å². The molecule has 0 saturated carbocycles. The number of carbonyl (C=O) groups is 1. The predicted octanol–water partition coefficient (Wildman–Crippen LogP) is 1.59. The molecule has 0 bridgehead atoms. The SMILES string of the molecule is CC1CCCN(CC(=O)Nc2ccccc2[N+](=O)[O-])C1CN. The Labute approximate surface area is 129 Å². The second-order valence-electron chi connectivity index (χ2n) is 5.72. The summed E-state index contributed by atoms with van der Waals surface area (Å²) < 4.78 is 0. The van der Waals surface area contributed by atoms with Crippen molar-refractivity contribution in [1.29, 1.82) is 0 Å². The van der Waals surface area contributed by atoms with Crippen molar-refractivity contribution in [2.24, 2.45) is 11.7 Å². The molecular weight excluding hydrogens is 284 g/mol. The molecule has 1 saturated heterocycles. The van der Waals surface area contributed by atoms with Gasteiger partial charge in [-0.05, 0) is 31.4 Å². The van der Waals surface area contributed by atoms with E-state index in [0.29, 0.717) is 12.5 Å². The van der Waals surface area contributed by atoms with Crippen molar-refractivity contribution in [1.82, 2.24) is 4.90 Å². The number of likely N-dealkylation sites (tertiary alicyclic amines) is 1. The molecule has 1 aromatic carbocycles. The van der Waals surface area contributed by atoms with Crippen LogP contribution in [0.15, 0.2) is 24.3 Å². The number of nitrogens with one attached hydrogen (secondary N) is 1. The van der Waals surface area contributed by atoms with Crippen LogP contribution in [0.3, 0.4) is 0 Å². The van der Waals surface area contributed by atoms with E-state index >= 15 is 0 Å². The summed E-state index contributed by atoms with van der Waals surface area (Å²) in [5.41, 5.74) is 5.94. The van der Waals surface area contributed by atoms with Gasteiger partial charge >= 0.3 is 0 Å². The van der Waals surface area contributed by atoms with Gasteiger partial charge in [-0.15, -0.1) is 0 Å². The van der Waals surface area contributed by atoms with Crippen LogP contribution in [-0.2, 0) is 4.79 Å². The van der Waals surface area contributed by atoms with E-state index in [0.717, 1.165) is 19.4 Å². The van der Waals surface area contributed by atoms with Gasteiger partial charge in [0.2, 0.25) is 5.91 Å². The summed E-state index contributed by atoms with van der Waals surface area (Å²) in [6, 6.07) is 6.33. The number of benzene rings is 1. The standard InChI is InChI=1S/C15H22N4O3/c1-11-5-4-8-18(14(11)9-16)10-15(20)17-12-6-2-3-7-13(12)19(21)22/h2-3,6-7,11,14H,4-5,8-10,16H2,1H3,(H,17,20). The van der Waals surface area contributed by atoms with E-state index in [2.05, 4.69) is 17.1 Å². The van der Waals surface area contributed by atoms with Gasteiger partial charge in [0.15, 0.2) is 0 Å². The van der Waals surface area contributed by atoms with E-state index in [1.165, 1.54) is 12.1 Å². The number of nitrogens with two attached hydrogens (primary N) is 1. The smallest absolute Gasteiger partial charge is 0.292 e. The van der Waals surface area contributed by atoms with Crippen LogP contribution in [0.25, 0.3) is 0 Å². The van der Waals surface area contributed by atoms with Gasteiger partial charge in [-0.2, -0.15) is 0 Å². The first-order chi connectivity index (χ1) is 10.5. The quantitative estimate of drug-likeness (QED) is 0.635. The fourth-order valence-corrected chi connectivity index (χ4v) is 3.02. The van der Waals surface area contributed by atoms with Gasteiger partial charge in [-0.25, -0.2) is 0 Å². The van der Waals surface area contributed by atoms with Crippen molar-refractivity contribution in [2.45, 2.75) is 25.8 Å². The molecule has 2 unspecified atom stereocenters. The molecule has 1 amide bonds. The van der Waals surface area contributed by atoms with E-state index in [9.17, 15) is 14.9 Å². The molecule has 1 heterocycles. The summed E-state index contributed by atoms with van der Waals surface area (Å²) in [6.45, 7) is 3.69. The molecule has 1 aliphatic rings. The van der Waals surface area contributed by atoms with Crippen molar-refractivity contribution in [3.63, 3.8) is 0 Å². The molecule has 0 aromatic heterocycles. The topological polar surface area (TPSA) is 102 Å². The number of hydrogen-bond acceptors (Lipinski definition) is 5. The number of nitro groups is 1. The number of nitro benzene ring substituents is 1. The normalized spacial score (nSPS) is 22.3. The van der Waals surface area contributed by atoms with Crippen molar-refractivity contribution in [3.8, 4) is 0 Å². The Kier molecular flexibility index (Phi) is 5.46. The lowest BCUT2D eigenvalue weighted by molar-refractivity contribution is -0.383. The third kappa shape index (κ3) is 3.80. The molecule has 1 aliphatic heterocycles. The van der Waals surface area contributed by atoms with Gasteiger partial charge in [0.25, 0.3) is 5.69 Å². The molecule has 3 N–H and O–H groups in total. The third-order valence-corrected chi connectivity index (χ3v) is 4.19. The van der Waals surface area contributed by atoms with Crippen LogP contribution >= 0.6 is 0 Å². The number of amides is 1. The van der Waals surface area contributed by atoms with Crippen LogP contribution < -0.4 is 11.1 Å². The van der Waals surface area contributed by atoms with Crippen molar-refractivity contribution in [2.75, 3.05) is 25.0 Å². The number of para-hydroxylation sites is 2. The number of anilines is 1. The van der Waals surface area contributed by atoms with Gasteiger partial charge in [0.1, 0.15) is 5.69 Å². The van der Waals surface area contributed by atoms with E-state index in [-0.39, 0.29) is 29.9 Å². The minimum atomic E-state index is -0.499. The summed E-state index contributed by atoms with van der Waals surface area (Å²) in [7, 11) is 0. The highest BCUT2D eigenvalue weighted by Gasteiger charge is 2.28. The molecule has 22 heavy (non-hydrogen) atoms. The lowest BCUT2D eigenvalue weighted by Gasteiger charge is -2.38. The number of rotatable bonds is 5. The number of carbonyl (C=O) groups excluding carboxylic acids is 1. The number of piperidine rings is 1. The highest BCUT2D eigenvalue weighted by molar-refractivity contribution is 5.94. The van der Waals surface area contributed by atoms with Crippen LogP contribution in [0.2, 0.25) is 0 Å². The maximum absolute atomic E-state index is 12.2. The first-order valence-electron chi connectivity index (χ1n) is 7.50. The molecule has 7 nitrogen and oxygen atoms in total. The summed E-state index contributed by atoms with van der Waals surface area (Å²) in [5.74, 6) is 0.208. The molecule has 1 fully saturated rings. The third-order valence-electron chi connectivity index (χ3n) is 4.19. The van der Waals surface area contributed by atoms with Crippen molar-refractivity contribution < 1.29 is 9.72 Å². The number of nitrogens with zero attached hydrogens (tertiary/aromatic N) is 2. The zero-order valence-electron chi connectivity index (χ0n) is 12.7.